The van der Waals surface area contributed by atoms with Crippen LogP contribution in [0.5, 0.6) is 0 Å². The molecule has 0 saturated carbocycles. The Morgan fingerprint density at radius 2 is 2.36 bits per heavy atom. The van der Waals surface area contributed by atoms with Crippen molar-refractivity contribution in [1.82, 2.24) is 15.2 Å². The third kappa shape index (κ3) is 2.53. The van der Waals surface area contributed by atoms with Crippen molar-refractivity contribution in [1.29, 1.82) is 0 Å². The van der Waals surface area contributed by atoms with Crippen LogP contribution in [0.2, 0.25) is 0 Å². The van der Waals surface area contributed by atoms with Crippen molar-refractivity contribution >= 4 is 11.3 Å². The van der Waals surface area contributed by atoms with Crippen LogP contribution in [0.15, 0.2) is 11.7 Å². The molecule has 0 spiro atoms. The summed E-state index contributed by atoms with van der Waals surface area (Å²) in [6, 6.07) is 0.729. The molecule has 0 unspecified atom stereocenters. The maximum absolute atomic E-state index is 4.10. The van der Waals surface area contributed by atoms with Gasteiger partial charge < -0.3 is 5.32 Å². The van der Waals surface area contributed by atoms with Gasteiger partial charge in [-0.1, -0.05) is 0 Å². The van der Waals surface area contributed by atoms with E-state index in [1.165, 1.54) is 30.8 Å². The van der Waals surface area contributed by atoms with Gasteiger partial charge in [0, 0.05) is 23.7 Å². The average molecular weight is 211 g/mol. The smallest absolute Gasteiger partial charge is 0.0794 e. The highest BCUT2D eigenvalue weighted by Crippen LogP contribution is 2.15. The first-order chi connectivity index (χ1) is 6.88. The van der Waals surface area contributed by atoms with Crippen molar-refractivity contribution in [2.75, 3.05) is 20.1 Å². The Morgan fingerprint density at radius 1 is 1.57 bits per heavy atom. The van der Waals surface area contributed by atoms with Crippen molar-refractivity contribution in [3.8, 4) is 0 Å². The molecule has 3 nitrogen and oxygen atoms in total. The van der Waals surface area contributed by atoms with Gasteiger partial charge in [-0.2, -0.15) is 0 Å². The number of thiazole rings is 1. The van der Waals surface area contributed by atoms with Gasteiger partial charge in [-0.3, -0.25) is 9.88 Å². The summed E-state index contributed by atoms with van der Waals surface area (Å²) in [6.07, 6.45) is 4.53. The maximum Gasteiger partial charge on any atom is 0.0794 e. The van der Waals surface area contributed by atoms with Crippen LogP contribution in [0.4, 0.5) is 0 Å². The van der Waals surface area contributed by atoms with Crippen molar-refractivity contribution in [3.63, 3.8) is 0 Å². The first-order valence-corrected chi connectivity index (χ1v) is 6.03. The minimum Gasteiger partial charge on any atom is -0.317 e. The number of nitrogens with one attached hydrogen (secondary N) is 1. The molecule has 78 valence electrons. The Morgan fingerprint density at radius 3 is 2.93 bits per heavy atom. The highest BCUT2D eigenvalue weighted by Gasteiger charge is 2.17. The number of nitrogens with zero attached hydrogens (tertiary/aromatic N) is 2. The number of piperidine rings is 1. The van der Waals surface area contributed by atoms with Gasteiger partial charge in [-0.05, 0) is 33.0 Å². The Labute approximate surface area is 89.1 Å². The highest BCUT2D eigenvalue weighted by molar-refractivity contribution is 7.09. The Kier molecular flexibility index (Phi) is 3.50. The molecule has 0 atom stereocenters. The molecule has 1 fully saturated rings. The van der Waals surface area contributed by atoms with E-state index in [4.69, 9.17) is 0 Å². The van der Waals surface area contributed by atoms with Crippen molar-refractivity contribution in [2.45, 2.75) is 25.4 Å². The molecule has 0 aliphatic carbocycles. The molecule has 0 bridgehead atoms. The first kappa shape index (κ1) is 10.1. The van der Waals surface area contributed by atoms with Crippen LogP contribution in [0.1, 0.15) is 17.7 Å². The van der Waals surface area contributed by atoms with E-state index >= 15 is 0 Å². The van der Waals surface area contributed by atoms with E-state index in [1.807, 2.05) is 11.7 Å². The van der Waals surface area contributed by atoms with E-state index in [9.17, 15) is 0 Å². The molecule has 0 amide bonds. The second-order valence-corrected chi connectivity index (χ2v) is 4.78. The van der Waals surface area contributed by atoms with E-state index in [0.717, 1.165) is 12.6 Å². The predicted octanol–water partition coefficient (Wildman–Crippen LogP) is 1.33. The third-order valence-corrected chi connectivity index (χ3v) is 3.62. The lowest BCUT2D eigenvalue weighted by atomic mass is 10.1. The third-order valence-electron chi connectivity index (χ3n) is 2.86. The molecule has 14 heavy (non-hydrogen) atoms. The van der Waals surface area contributed by atoms with Crippen LogP contribution < -0.4 is 5.32 Å². The fourth-order valence-corrected chi connectivity index (χ4v) is 2.56. The zero-order chi connectivity index (χ0) is 9.80. The maximum atomic E-state index is 4.10. The number of aromatic nitrogens is 1. The van der Waals surface area contributed by atoms with Crippen molar-refractivity contribution in [2.24, 2.45) is 0 Å². The first-order valence-electron chi connectivity index (χ1n) is 5.15. The van der Waals surface area contributed by atoms with Crippen molar-refractivity contribution < 1.29 is 0 Å². The van der Waals surface area contributed by atoms with E-state index in [0.29, 0.717) is 0 Å². The number of hydrogen-bond acceptors (Lipinski definition) is 4. The molecule has 0 radical (unpaired) electrons. The topological polar surface area (TPSA) is 28.2 Å². The summed E-state index contributed by atoms with van der Waals surface area (Å²) in [7, 11) is 2.06. The lowest BCUT2D eigenvalue weighted by Gasteiger charge is -2.31. The van der Waals surface area contributed by atoms with Crippen LogP contribution in [0.3, 0.4) is 0 Å². The Balaban J connectivity index is 1.79. The average Bonchev–Trinajstić information content (AvgIpc) is 2.72. The Bertz CT molecular complexity index is 252. The molecule has 1 saturated heterocycles. The zero-order valence-electron chi connectivity index (χ0n) is 8.57. The summed E-state index contributed by atoms with van der Waals surface area (Å²) < 4.78 is 0. The van der Waals surface area contributed by atoms with Gasteiger partial charge in [0.25, 0.3) is 0 Å². The van der Waals surface area contributed by atoms with Gasteiger partial charge in [-0.15, -0.1) is 11.3 Å². The summed E-state index contributed by atoms with van der Waals surface area (Å²) in [5, 5.41) is 3.35. The molecular formula is C10H17N3S. The summed E-state index contributed by atoms with van der Waals surface area (Å²) >= 11 is 1.75. The van der Waals surface area contributed by atoms with Crippen LogP contribution in [-0.2, 0) is 6.54 Å². The summed E-state index contributed by atoms with van der Waals surface area (Å²) in [6.45, 7) is 3.51. The van der Waals surface area contributed by atoms with Crippen LogP contribution in [-0.4, -0.2) is 36.1 Å². The Hall–Kier alpha value is -0.450. The van der Waals surface area contributed by atoms with Crippen molar-refractivity contribution in [3.05, 3.63) is 16.6 Å². The van der Waals surface area contributed by atoms with E-state index < -0.39 is 0 Å². The molecule has 1 aromatic rings. The fourth-order valence-electron chi connectivity index (χ4n) is 1.92. The summed E-state index contributed by atoms with van der Waals surface area (Å²) in [5.74, 6) is 0. The minimum atomic E-state index is 0.729. The van der Waals surface area contributed by atoms with Gasteiger partial charge >= 0.3 is 0 Å². The van der Waals surface area contributed by atoms with Gasteiger partial charge in [0.1, 0.15) is 0 Å². The SMILES string of the molecule is CNC1CCN(Cc2cncs2)CC1. The molecule has 0 aromatic carbocycles. The van der Waals surface area contributed by atoms with Gasteiger partial charge in [0.05, 0.1) is 5.51 Å². The van der Waals surface area contributed by atoms with E-state index in [2.05, 4.69) is 22.2 Å². The summed E-state index contributed by atoms with van der Waals surface area (Å²) in [4.78, 5) is 8.00. The highest BCUT2D eigenvalue weighted by atomic mass is 32.1. The van der Waals surface area contributed by atoms with E-state index in [-0.39, 0.29) is 0 Å². The zero-order valence-corrected chi connectivity index (χ0v) is 9.39. The molecule has 1 aliphatic heterocycles. The van der Waals surface area contributed by atoms with Crippen LogP contribution >= 0.6 is 11.3 Å². The second-order valence-electron chi connectivity index (χ2n) is 3.81. The summed E-state index contributed by atoms with van der Waals surface area (Å²) in [5.41, 5.74) is 1.91. The predicted molar refractivity (Wildman–Crippen MR) is 59.5 cm³/mol. The van der Waals surface area contributed by atoms with Gasteiger partial charge in [0.2, 0.25) is 0 Å². The number of rotatable bonds is 3. The number of likely N-dealkylation sites (tertiary alicyclic amines) is 1. The standard InChI is InChI=1S/C10H17N3S/c1-11-9-2-4-13(5-3-9)7-10-6-12-8-14-10/h6,8-9,11H,2-5,7H2,1H3. The lowest BCUT2D eigenvalue weighted by Crippen LogP contribution is -2.40. The molecule has 4 heteroatoms. The monoisotopic (exact) mass is 211 g/mol. The quantitative estimate of drug-likeness (QED) is 0.817. The normalized spacial score (nSPS) is 20.1. The molecule has 1 aromatic heterocycles. The fraction of sp³-hybridized carbons (Fsp3) is 0.700. The largest absolute Gasteiger partial charge is 0.317 e. The van der Waals surface area contributed by atoms with Crippen LogP contribution in [0.25, 0.3) is 0 Å². The van der Waals surface area contributed by atoms with Crippen LogP contribution in [0, 0.1) is 0 Å². The van der Waals surface area contributed by atoms with E-state index in [1.54, 1.807) is 11.3 Å². The minimum absolute atomic E-state index is 0.729. The molecule has 2 rings (SSSR count). The second kappa shape index (κ2) is 4.87. The van der Waals surface area contributed by atoms with Gasteiger partial charge in [-0.25, -0.2) is 0 Å². The molecule has 1 aliphatic rings. The lowest BCUT2D eigenvalue weighted by molar-refractivity contribution is 0.196. The van der Waals surface area contributed by atoms with Gasteiger partial charge in [0.15, 0.2) is 0 Å². The number of hydrogen-bond donors (Lipinski definition) is 1. The molecular weight excluding hydrogens is 194 g/mol. The molecule has 1 N–H and O–H groups in total. The molecule has 2 heterocycles.